The molecular weight excluding hydrogens is 362 g/mol. The van der Waals surface area contributed by atoms with Gasteiger partial charge in [0.05, 0.1) is 6.61 Å². The normalized spacial score (nSPS) is 19.2. The predicted octanol–water partition coefficient (Wildman–Crippen LogP) is 2.70. The van der Waals surface area contributed by atoms with E-state index in [0.29, 0.717) is 18.3 Å². The molecule has 2 aromatic carbocycles. The number of fused-ring (bicyclic) bond motifs is 1. The van der Waals surface area contributed by atoms with Gasteiger partial charge in [-0.15, -0.1) is 0 Å². The van der Waals surface area contributed by atoms with E-state index >= 15 is 0 Å². The molecular formula is C23H31N5O. The number of nitrogens with zero attached hydrogens (tertiary/aromatic N) is 2. The summed E-state index contributed by atoms with van der Waals surface area (Å²) in [5, 5.41) is 20.4. The van der Waals surface area contributed by atoms with Crippen molar-refractivity contribution >= 4 is 23.3 Å². The molecule has 0 bridgehead atoms. The Hall–Kier alpha value is -2.57. The van der Waals surface area contributed by atoms with Gasteiger partial charge in [-0.3, -0.25) is 4.90 Å². The first kappa shape index (κ1) is 19.7. The maximum Gasteiger partial charge on any atom is 0.0606 e. The van der Waals surface area contributed by atoms with Gasteiger partial charge in [-0.1, -0.05) is 12.1 Å². The summed E-state index contributed by atoms with van der Waals surface area (Å²) in [5.41, 5.74) is 12.4. The zero-order valence-corrected chi connectivity index (χ0v) is 16.9. The Morgan fingerprint density at radius 2 is 2.10 bits per heavy atom. The van der Waals surface area contributed by atoms with Gasteiger partial charge >= 0.3 is 0 Å². The Morgan fingerprint density at radius 3 is 2.93 bits per heavy atom. The van der Waals surface area contributed by atoms with Crippen LogP contribution in [-0.2, 0) is 13.0 Å². The molecule has 0 aliphatic carbocycles. The number of β-amino-alcohol motifs (C(OH)–C–C–N with tert-alkyl or cyclic N) is 1. The Balaban J connectivity index is 1.39. The minimum Gasteiger partial charge on any atom is -0.398 e. The van der Waals surface area contributed by atoms with Crippen LogP contribution in [0.15, 0.2) is 36.4 Å². The minimum atomic E-state index is 0.202. The molecule has 1 fully saturated rings. The summed E-state index contributed by atoms with van der Waals surface area (Å²) in [6, 6.07) is 13.0. The Morgan fingerprint density at radius 1 is 1.21 bits per heavy atom. The van der Waals surface area contributed by atoms with Crippen LogP contribution in [-0.4, -0.2) is 55.0 Å². The molecule has 2 heterocycles. The Labute approximate surface area is 172 Å². The fourth-order valence-corrected chi connectivity index (χ4v) is 4.54. The number of nitrogen functional groups attached to an aromatic ring is 1. The summed E-state index contributed by atoms with van der Waals surface area (Å²) >= 11 is 0. The summed E-state index contributed by atoms with van der Waals surface area (Å²) in [6.07, 6.45) is 4.70. The van der Waals surface area contributed by atoms with E-state index in [9.17, 15) is 5.11 Å². The van der Waals surface area contributed by atoms with Crippen molar-refractivity contribution in [2.45, 2.75) is 31.8 Å². The molecule has 0 amide bonds. The number of aliphatic hydroxyl groups is 1. The molecule has 6 nitrogen and oxygen atoms in total. The van der Waals surface area contributed by atoms with Crippen molar-refractivity contribution in [2.75, 3.05) is 48.7 Å². The van der Waals surface area contributed by atoms with Crippen molar-refractivity contribution in [1.82, 2.24) is 4.90 Å². The quantitative estimate of drug-likeness (QED) is 0.429. The van der Waals surface area contributed by atoms with Crippen LogP contribution in [0.1, 0.15) is 29.5 Å². The van der Waals surface area contributed by atoms with Crippen LogP contribution in [0.25, 0.3) is 0 Å². The number of rotatable bonds is 7. The third kappa shape index (κ3) is 4.54. The molecule has 0 saturated carbocycles. The van der Waals surface area contributed by atoms with E-state index in [0.717, 1.165) is 50.3 Å². The SMILES string of the molecule is N=Cc1cc(NC2CCCN(Cc3ccc4c(c3)N(CCO)CC4)C2)ccc1N. The Kier molecular flexibility index (Phi) is 6.02. The van der Waals surface area contributed by atoms with E-state index in [-0.39, 0.29) is 6.61 Å². The first-order valence-electron chi connectivity index (χ1n) is 10.5. The topological polar surface area (TPSA) is 88.6 Å². The van der Waals surface area contributed by atoms with Crippen molar-refractivity contribution in [2.24, 2.45) is 0 Å². The van der Waals surface area contributed by atoms with Gasteiger partial charge in [-0.25, -0.2) is 0 Å². The summed E-state index contributed by atoms with van der Waals surface area (Å²) < 4.78 is 0. The lowest BCUT2D eigenvalue weighted by atomic mass is 10.0. The predicted molar refractivity (Wildman–Crippen MR) is 120 cm³/mol. The third-order valence-corrected chi connectivity index (χ3v) is 6.04. The largest absolute Gasteiger partial charge is 0.398 e. The number of hydrogen-bond donors (Lipinski definition) is 4. The number of aliphatic hydroxyl groups excluding tert-OH is 1. The number of hydrogen-bond acceptors (Lipinski definition) is 6. The summed E-state index contributed by atoms with van der Waals surface area (Å²) in [6.45, 7) is 4.99. The number of nitrogens with one attached hydrogen (secondary N) is 2. The first-order chi connectivity index (χ1) is 14.2. The second kappa shape index (κ2) is 8.84. The van der Waals surface area contributed by atoms with Crippen LogP contribution in [0.3, 0.4) is 0 Å². The molecule has 1 saturated heterocycles. The highest BCUT2D eigenvalue weighted by Gasteiger charge is 2.22. The molecule has 0 aromatic heterocycles. The lowest BCUT2D eigenvalue weighted by Crippen LogP contribution is -2.41. The summed E-state index contributed by atoms with van der Waals surface area (Å²) in [4.78, 5) is 4.81. The van der Waals surface area contributed by atoms with Crippen LogP contribution in [0.2, 0.25) is 0 Å². The van der Waals surface area contributed by atoms with E-state index in [4.69, 9.17) is 11.1 Å². The molecule has 1 atom stereocenters. The second-order valence-corrected chi connectivity index (χ2v) is 8.13. The maximum atomic E-state index is 9.30. The standard InChI is InChI=1S/C23H31N5O/c24-14-19-13-20(5-6-22(19)25)26-21-2-1-8-27(16-21)15-17-3-4-18-7-9-28(10-11-29)23(18)12-17/h3-6,12-14,21,24,26,29H,1-2,7-11,15-16,25H2. The van der Waals surface area contributed by atoms with Crippen molar-refractivity contribution in [3.05, 3.63) is 53.1 Å². The lowest BCUT2D eigenvalue weighted by molar-refractivity contribution is 0.208. The van der Waals surface area contributed by atoms with Gasteiger partial charge in [-0.05, 0) is 61.2 Å². The van der Waals surface area contributed by atoms with E-state index in [1.165, 1.54) is 29.4 Å². The van der Waals surface area contributed by atoms with Gasteiger partial charge in [0, 0.05) is 61.1 Å². The number of nitrogens with two attached hydrogens (primary N) is 1. The van der Waals surface area contributed by atoms with Gasteiger partial charge in [0.1, 0.15) is 0 Å². The van der Waals surface area contributed by atoms with E-state index in [1.54, 1.807) is 0 Å². The van der Waals surface area contributed by atoms with Gasteiger partial charge in [0.2, 0.25) is 0 Å². The monoisotopic (exact) mass is 393 g/mol. The highest BCUT2D eigenvalue weighted by atomic mass is 16.3. The number of piperidine rings is 1. The molecule has 1 unspecified atom stereocenters. The Bertz CT molecular complexity index is 866. The smallest absolute Gasteiger partial charge is 0.0606 e. The first-order valence-corrected chi connectivity index (χ1v) is 10.5. The fourth-order valence-electron chi connectivity index (χ4n) is 4.54. The van der Waals surface area contributed by atoms with Crippen molar-refractivity contribution in [1.29, 1.82) is 5.41 Å². The zero-order chi connectivity index (χ0) is 20.2. The molecule has 4 rings (SSSR count). The molecule has 2 aliphatic rings. The average Bonchev–Trinajstić information content (AvgIpc) is 3.12. The van der Waals surface area contributed by atoms with Gasteiger partial charge in [0.25, 0.3) is 0 Å². The molecule has 5 N–H and O–H groups in total. The molecule has 0 spiro atoms. The molecule has 154 valence electrons. The summed E-state index contributed by atoms with van der Waals surface area (Å²) in [5.74, 6) is 0. The molecule has 29 heavy (non-hydrogen) atoms. The molecule has 6 heteroatoms. The fraction of sp³-hybridized carbons (Fsp3) is 0.435. The molecule has 2 aromatic rings. The van der Waals surface area contributed by atoms with Gasteiger partial charge in [0.15, 0.2) is 0 Å². The van der Waals surface area contributed by atoms with Crippen LogP contribution in [0, 0.1) is 5.41 Å². The van der Waals surface area contributed by atoms with Crippen LogP contribution >= 0.6 is 0 Å². The zero-order valence-electron chi connectivity index (χ0n) is 16.9. The van der Waals surface area contributed by atoms with E-state index in [1.807, 2.05) is 18.2 Å². The highest BCUT2D eigenvalue weighted by Crippen LogP contribution is 2.29. The number of anilines is 3. The number of likely N-dealkylation sites (tertiary alicyclic amines) is 1. The van der Waals surface area contributed by atoms with Crippen LogP contribution in [0.4, 0.5) is 17.1 Å². The molecule has 0 radical (unpaired) electrons. The van der Waals surface area contributed by atoms with Crippen LogP contribution < -0.4 is 16.0 Å². The minimum absolute atomic E-state index is 0.202. The van der Waals surface area contributed by atoms with Crippen molar-refractivity contribution in [3.8, 4) is 0 Å². The second-order valence-electron chi connectivity index (χ2n) is 8.13. The maximum absolute atomic E-state index is 9.30. The van der Waals surface area contributed by atoms with Crippen molar-refractivity contribution in [3.63, 3.8) is 0 Å². The van der Waals surface area contributed by atoms with E-state index in [2.05, 4.69) is 33.3 Å². The van der Waals surface area contributed by atoms with Gasteiger partial charge < -0.3 is 26.5 Å². The molecule has 2 aliphatic heterocycles. The third-order valence-electron chi connectivity index (χ3n) is 6.04. The highest BCUT2D eigenvalue weighted by molar-refractivity contribution is 5.86. The average molecular weight is 394 g/mol. The lowest BCUT2D eigenvalue weighted by Gasteiger charge is -2.34. The summed E-state index contributed by atoms with van der Waals surface area (Å²) in [7, 11) is 0. The van der Waals surface area contributed by atoms with E-state index < -0.39 is 0 Å². The van der Waals surface area contributed by atoms with Crippen molar-refractivity contribution < 1.29 is 5.11 Å². The van der Waals surface area contributed by atoms with Crippen LogP contribution in [0.5, 0.6) is 0 Å². The van der Waals surface area contributed by atoms with Gasteiger partial charge in [-0.2, -0.15) is 0 Å². The number of benzene rings is 2.